The molecule has 2 N–H and O–H groups in total. The Morgan fingerprint density at radius 3 is 2.46 bits per heavy atom. The van der Waals surface area contributed by atoms with Crippen molar-refractivity contribution in [1.82, 2.24) is 4.90 Å². The number of quaternary nitrogens is 1. The summed E-state index contributed by atoms with van der Waals surface area (Å²) < 4.78 is 0. The molecule has 2 heterocycles. The zero-order chi connectivity index (χ0) is 18.8. The molecule has 1 aromatic heterocycles. The number of nitrogens with one attached hydrogen (secondary N) is 1. The van der Waals surface area contributed by atoms with E-state index in [-0.39, 0.29) is 11.3 Å². The smallest absolute Gasteiger partial charge is 0.295 e. The highest BCUT2D eigenvalue weighted by atomic mass is 32.1. The van der Waals surface area contributed by atoms with E-state index in [1.807, 2.05) is 50.7 Å². The van der Waals surface area contributed by atoms with Crippen LogP contribution in [0.3, 0.4) is 0 Å². The maximum Gasteiger partial charge on any atom is 0.295 e. The summed E-state index contributed by atoms with van der Waals surface area (Å²) in [5.74, 6) is -1.27. The van der Waals surface area contributed by atoms with Crippen LogP contribution in [0.25, 0.3) is 5.76 Å². The summed E-state index contributed by atoms with van der Waals surface area (Å²) >= 11 is 1.48. The molecule has 1 aliphatic heterocycles. The molecule has 1 atom stereocenters. The number of benzene rings is 1. The Kier molecular flexibility index (Phi) is 5.25. The van der Waals surface area contributed by atoms with Crippen molar-refractivity contribution in [2.45, 2.75) is 13.0 Å². The van der Waals surface area contributed by atoms with Crippen molar-refractivity contribution in [3.05, 3.63) is 63.4 Å². The van der Waals surface area contributed by atoms with Gasteiger partial charge in [-0.15, -0.1) is 11.3 Å². The Balaban J connectivity index is 2.09. The van der Waals surface area contributed by atoms with Gasteiger partial charge in [-0.3, -0.25) is 9.59 Å². The number of carbonyl (C=O) groups excluding carboxylic acids is 2. The zero-order valence-electron chi connectivity index (χ0n) is 15.2. The first-order valence-corrected chi connectivity index (χ1v) is 9.46. The molecule has 0 bridgehead atoms. The molecule has 0 spiro atoms. The fourth-order valence-corrected chi connectivity index (χ4v) is 3.91. The number of likely N-dealkylation sites (tertiary alicyclic amines) is 1. The summed E-state index contributed by atoms with van der Waals surface area (Å²) in [5, 5.41) is 12.8. The normalized spacial score (nSPS) is 19.5. The van der Waals surface area contributed by atoms with Crippen LogP contribution in [0.1, 0.15) is 22.0 Å². The minimum absolute atomic E-state index is 0.110. The number of aliphatic hydroxyl groups is 1. The third-order valence-corrected chi connectivity index (χ3v) is 5.46. The number of hydrogen-bond acceptors (Lipinski definition) is 4. The first kappa shape index (κ1) is 18.4. The molecule has 1 aliphatic rings. The van der Waals surface area contributed by atoms with E-state index in [9.17, 15) is 14.7 Å². The molecule has 0 radical (unpaired) electrons. The lowest BCUT2D eigenvalue weighted by Crippen LogP contribution is -3.06. The van der Waals surface area contributed by atoms with Gasteiger partial charge in [0.15, 0.2) is 0 Å². The Morgan fingerprint density at radius 2 is 1.88 bits per heavy atom. The number of aryl methyl sites for hydroxylation is 1. The molecule has 1 saturated heterocycles. The highest BCUT2D eigenvalue weighted by Crippen LogP contribution is 2.40. The molecule has 26 heavy (non-hydrogen) atoms. The molecule has 0 unspecified atom stereocenters. The standard InChI is InChI=1S/C20H22N2O3S/c1-13-6-8-14(9-7-13)18(23)16-17(15-5-4-12-26-15)22(11-10-21(2)3)20(25)19(16)24/h4-9,12,17,23H,10-11H2,1-3H3/p+1/t17-/m0/s1. The van der Waals surface area contributed by atoms with E-state index in [4.69, 9.17) is 0 Å². The number of rotatable bonds is 5. The molecular weight excluding hydrogens is 348 g/mol. The van der Waals surface area contributed by atoms with Crippen LogP contribution >= 0.6 is 11.3 Å². The highest BCUT2D eigenvalue weighted by molar-refractivity contribution is 7.10. The van der Waals surface area contributed by atoms with E-state index < -0.39 is 17.7 Å². The van der Waals surface area contributed by atoms with E-state index in [2.05, 4.69) is 0 Å². The van der Waals surface area contributed by atoms with E-state index in [0.717, 1.165) is 17.0 Å². The second-order valence-electron chi connectivity index (χ2n) is 6.83. The van der Waals surface area contributed by atoms with Gasteiger partial charge in [-0.25, -0.2) is 0 Å². The van der Waals surface area contributed by atoms with Gasteiger partial charge in [0.2, 0.25) is 0 Å². The maximum absolute atomic E-state index is 12.7. The Morgan fingerprint density at radius 1 is 1.19 bits per heavy atom. The highest BCUT2D eigenvalue weighted by Gasteiger charge is 2.46. The van der Waals surface area contributed by atoms with Crippen molar-refractivity contribution in [2.75, 3.05) is 27.2 Å². The monoisotopic (exact) mass is 371 g/mol. The van der Waals surface area contributed by atoms with Crippen LogP contribution in [0.4, 0.5) is 0 Å². The SMILES string of the molecule is Cc1ccc(C(O)=C2C(=O)C(=O)N(CC[NH+](C)C)[C@H]2c2cccs2)cc1. The molecule has 0 saturated carbocycles. The number of ketones is 1. The lowest BCUT2D eigenvalue weighted by atomic mass is 9.99. The molecule has 5 nitrogen and oxygen atoms in total. The number of amides is 1. The summed E-state index contributed by atoms with van der Waals surface area (Å²) in [6.07, 6.45) is 0. The maximum atomic E-state index is 12.7. The molecule has 1 fully saturated rings. The van der Waals surface area contributed by atoms with Crippen LogP contribution in [0, 0.1) is 6.92 Å². The Labute approximate surface area is 157 Å². The number of thiophene rings is 1. The predicted molar refractivity (Wildman–Crippen MR) is 102 cm³/mol. The summed E-state index contributed by atoms with van der Waals surface area (Å²) in [6, 6.07) is 10.6. The van der Waals surface area contributed by atoms with E-state index in [1.165, 1.54) is 16.2 Å². The molecule has 6 heteroatoms. The number of aliphatic hydroxyl groups excluding tert-OH is 1. The number of Topliss-reactive ketones (excluding diaryl/α,β-unsaturated/α-hetero) is 1. The van der Waals surface area contributed by atoms with Crippen LogP contribution in [0.2, 0.25) is 0 Å². The minimum atomic E-state index is -0.616. The average molecular weight is 371 g/mol. The van der Waals surface area contributed by atoms with Crippen molar-refractivity contribution in [2.24, 2.45) is 0 Å². The van der Waals surface area contributed by atoms with Crippen molar-refractivity contribution >= 4 is 28.8 Å². The largest absolute Gasteiger partial charge is 0.507 e. The van der Waals surface area contributed by atoms with Gasteiger partial charge in [0.25, 0.3) is 11.7 Å². The fraction of sp³-hybridized carbons (Fsp3) is 0.300. The first-order valence-electron chi connectivity index (χ1n) is 8.58. The van der Waals surface area contributed by atoms with Crippen molar-refractivity contribution in [3.63, 3.8) is 0 Å². The quantitative estimate of drug-likeness (QED) is 0.477. The van der Waals surface area contributed by atoms with Gasteiger partial charge >= 0.3 is 0 Å². The number of hydrogen-bond donors (Lipinski definition) is 2. The van der Waals surface area contributed by atoms with E-state index >= 15 is 0 Å². The van der Waals surface area contributed by atoms with Gasteiger partial charge in [0.05, 0.1) is 38.8 Å². The third-order valence-electron chi connectivity index (χ3n) is 4.53. The number of nitrogens with zero attached hydrogens (tertiary/aromatic N) is 1. The van der Waals surface area contributed by atoms with E-state index in [0.29, 0.717) is 12.1 Å². The zero-order valence-corrected chi connectivity index (χ0v) is 16.0. The minimum Gasteiger partial charge on any atom is -0.507 e. The van der Waals surface area contributed by atoms with Crippen LogP contribution in [0.5, 0.6) is 0 Å². The molecule has 0 aliphatic carbocycles. The summed E-state index contributed by atoms with van der Waals surface area (Å²) in [4.78, 5) is 29.0. The molecule has 1 amide bonds. The van der Waals surface area contributed by atoms with Gasteiger partial charge < -0.3 is 14.9 Å². The molecule has 136 valence electrons. The molecular formula is C20H23N2O3S+. The lowest BCUT2D eigenvalue weighted by Gasteiger charge is -2.24. The lowest BCUT2D eigenvalue weighted by molar-refractivity contribution is -0.857. The van der Waals surface area contributed by atoms with E-state index in [1.54, 1.807) is 17.0 Å². The van der Waals surface area contributed by atoms with Crippen molar-refractivity contribution in [3.8, 4) is 0 Å². The summed E-state index contributed by atoms with van der Waals surface area (Å²) in [5.41, 5.74) is 1.79. The third kappa shape index (κ3) is 3.43. The van der Waals surface area contributed by atoms with Gasteiger partial charge in [0.1, 0.15) is 5.76 Å². The van der Waals surface area contributed by atoms with Gasteiger partial charge in [-0.2, -0.15) is 0 Å². The van der Waals surface area contributed by atoms with Gasteiger partial charge in [-0.1, -0.05) is 35.9 Å². The number of carbonyl (C=O) groups is 2. The molecule has 3 rings (SSSR count). The number of likely N-dealkylation sites (N-methyl/N-ethyl adjacent to an activating group) is 1. The Bertz CT molecular complexity index is 838. The second-order valence-corrected chi connectivity index (χ2v) is 7.81. The van der Waals surface area contributed by atoms with Gasteiger partial charge in [-0.05, 0) is 18.4 Å². The van der Waals surface area contributed by atoms with Crippen LogP contribution in [0.15, 0.2) is 47.4 Å². The predicted octanol–water partition coefficient (Wildman–Crippen LogP) is 1.62. The molecule has 1 aromatic carbocycles. The van der Waals surface area contributed by atoms with Crippen LogP contribution in [-0.4, -0.2) is 48.9 Å². The average Bonchev–Trinajstić information content (AvgIpc) is 3.21. The van der Waals surface area contributed by atoms with Crippen molar-refractivity contribution in [1.29, 1.82) is 0 Å². The topological polar surface area (TPSA) is 62.0 Å². The summed E-state index contributed by atoms with van der Waals surface area (Å²) in [6.45, 7) is 3.14. The fourth-order valence-electron chi connectivity index (χ4n) is 3.06. The van der Waals surface area contributed by atoms with Crippen LogP contribution < -0.4 is 4.90 Å². The first-order chi connectivity index (χ1) is 12.4. The molecule has 2 aromatic rings. The van der Waals surface area contributed by atoms with Crippen LogP contribution in [-0.2, 0) is 9.59 Å². The summed E-state index contributed by atoms with van der Waals surface area (Å²) in [7, 11) is 4.01. The van der Waals surface area contributed by atoms with Gasteiger partial charge in [0, 0.05) is 10.4 Å². The van der Waals surface area contributed by atoms with Crippen molar-refractivity contribution < 1.29 is 19.6 Å². The second kappa shape index (κ2) is 7.43. The Hall–Kier alpha value is -2.44.